The van der Waals surface area contributed by atoms with E-state index in [2.05, 4.69) is 26.2 Å². The number of nitro benzene ring substituents is 1. The van der Waals surface area contributed by atoms with E-state index in [9.17, 15) is 14.9 Å². The van der Waals surface area contributed by atoms with Gasteiger partial charge < -0.3 is 10.1 Å². The van der Waals surface area contributed by atoms with E-state index in [1.165, 1.54) is 6.07 Å². The molecule has 8 nitrogen and oxygen atoms in total. The Hall–Kier alpha value is -2.52. The highest BCUT2D eigenvalue weighted by Gasteiger charge is 2.14. The number of halogens is 1. The summed E-state index contributed by atoms with van der Waals surface area (Å²) in [5.41, 5.74) is -0.0794. The van der Waals surface area contributed by atoms with Crippen molar-refractivity contribution in [2.75, 3.05) is 32.1 Å². The quantitative estimate of drug-likeness (QED) is 0.532. The Morgan fingerprint density at radius 2 is 2.12 bits per heavy atom. The summed E-state index contributed by atoms with van der Waals surface area (Å²) in [6.07, 6.45) is 1.60. The van der Waals surface area contributed by atoms with Crippen molar-refractivity contribution >= 4 is 33.3 Å². The van der Waals surface area contributed by atoms with Crippen LogP contribution in [0.1, 0.15) is 0 Å². The highest BCUT2D eigenvalue weighted by molar-refractivity contribution is 9.10. The molecular weight excluding hydrogens is 392 g/mol. The van der Waals surface area contributed by atoms with Crippen LogP contribution in [0.25, 0.3) is 0 Å². The summed E-state index contributed by atoms with van der Waals surface area (Å²) in [6, 6.07) is 9.66. The molecule has 1 heterocycles. The first-order chi connectivity index (χ1) is 12.0. The minimum atomic E-state index is -0.488. The van der Waals surface area contributed by atoms with E-state index in [4.69, 9.17) is 4.74 Å². The van der Waals surface area contributed by atoms with Crippen LogP contribution in [-0.2, 0) is 4.79 Å². The third-order valence-electron chi connectivity index (χ3n) is 3.20. The third-order valence-corrected chi connectivity index (χ3v) is 3.67. The zero-order valence-electron chi connectivity index (χ0n) is 13.5. The molecule has 0 saturated heterocycles. The number of para-hydroxylation sites is 2. The number of anilines is 1. The number of hydrogen-bond donors (Lipinski definition) is 1. The number of benzene rings is 1. The van der Waals surface area contributed by atoms with Gasteiger partial charge in [0.2, 0.25) is 5.91 Å². The van der Waals surface area contributed by atoms with Crippen molar-refractivity contribution < 1.29 is 14.5 Å². The van der Waals surface area contributed by atoms with Gasteiger partial charge in [-0.2, -0.15) is 0 Å². The molecule has 0 bridgehead atoms. The molecule has 1 N–H and O–H groups in total. The molecule has 0 radical (unpaired) electrons. The second-order valence-electron chi connectivity index (χ2n) is 5.22. The summed E-state index contributed by atoms with van der Waals surface area (Å²) in [7, 11) is 1.76. The van der Waals surface area contributed by atoms with Crippen LogP contribution in [0.15, 0.2) is 47.1 Å². The minimum Gasteiger partial charge on any atom is -0.485 e. The van der Waals surface area contributed by atoms with E-state index in [-0.39, 0.29) is 30.5 Å². The number of hydrogen-bond acceptors (Lipinski definition) is 6. The molecule has 132 valence electrons. The Balaban J connectivity index is 1.77. The molecule has 0 unspecified atom stereocenters. The molecule has 1 aromatic carbocycles. The van der Waals surface area contributed by atoms with Gasteiger partial charge in [0, 0.05) is 23.3 Å². The fourth-order valence-electron chi connectivity index (χ4n) is 2.00. The van der Waals surface area contributed by atoms with E-state index < -0.39 is 4.92 Å². The van der Waals surface area contributed by atoms with Gasteiger partial charge in [0.25, 0.3) is 0 Å². The molecular formula is C16H17BrN4O4. The van der Waals surface area contributed by atoms with Crippen molar-refractivity contribution in [2.24, 2.45) is 0 Å². The maximum absolute atomic E-state index is 11.9. The molecule has 1 aromatic heterocycles. The fraction of sp³-hybridized carbons (Fsp3) is 0.250. The molecule has 2 aromatic rings. The van der Waals surface area contributed by atoms with Gasteiger partial charge >= 0.3 is 5.69 Å². The van der Waals surface area contributed by atoms with Crippen LogP contribution in [0.5, 0.6) is 5.75 Å². The van der Waals surface area contributed by atoms with Gasteiger partial charge in [-0.3, -0.25) is 19.8 Å². The van der Waals surface area contributed by atoms with Crippen LogP contribution in [0, 0.1) is 10.1 Å². The number of aromatic nitrogens is 1. The number of likely N-dealkylation sites (N-methyl/N-ethyl adjacent to an activating group) is 1. The van der Waals surface area contributed by atoms with Gasteiger partial charge in [0.05, 0.1) is 11.5 Å². The lowest BCUT2D eigenvalue weighted by atomic mass is 10.3. The van der Waals surface area contributed by atoms with E-state index >= 15 is 0 Å². The summed E-state index contributed by atoms with van der Waals surface area (Å²) in [5.74, 6) is 0.477. The molecule has 0 atom stereocenters. The Labute approximate surface area is 153 Å². The average Bonchev–Trinajstić information content (AvgIpc) is 2.57. The maximum atomic E-state index is 11.9. The molecule has 0 fully saturated rings. The van der Waals surface area contributed by atoms with Crippen molar-refractivity contribution in [2.45, 2.75) is 0 Å². The van der Waals surface area contributed by atoms with Crippen LogP contribution < -0.4 is 10.1 Å². The Morgan fingerprint density at radius 3 is 2.80 bits per heavy atom. The largest absolute Gasteiger partial charge is 0.485 e. The number of nitrogens with one attached hydrogen (secondary N) is 1. The summed E-state index contributed by atoms with van der Waals surface area (Å²) in [6.45, 7) is 0.816. The number of ether oxygens (including phenoxy) is 1. The van der Waals surface area contributed by atoms with Gasteiger partial charge in [-0.1, -0.05) is 12.1 Å². The molecule has 2 rings (SSSR count). The number of carbonyl (C=O) groups is 1. The number of nitro groups is 1. The summed E-state index contributed by atoms with van der Waals surface area (Å²) < 4.78 is 6.28. The monoisotopic (exact) mass is 408 g/mol. The normalized spacial score (nSPS) is 10.5. The molecule has 9 heteroatoms. The molecule has 25 heavy (non-hydrogen) atoms. The smallest absolute Gasteiger partial charge is 0.310 e. The van der Waals surface area contributed by atoms with Crippen molar-refractivity contribution in [3.63, 3.8) is 0 Å². The van der Waals surface area contributed by atoms with Crippen molar-refractivity contribution in [3.8, 4) is 5.75 Å². The summed E-state index contributed by atoms with van der Waals surface area (Å²) >= 11 is 3.27. The second-order valence-corrected chi connectivity index (χ2v) is 6.14. The molecule has 0 saturated carbocycles. The topological polar surface area (TPSA) is 97.6 Å². The predicted octanol–water partition coefficient (Wildman–Crippen LogP) is 2.70. The van der Waals surface area contributed by atoms with Gasteiger partial charge in [0.15, 0.2) is 5.75 Å². The van der Waals surface area contributed by atoms with Gasteiger partial charge in [-0.15, -0.1) is 0 Å². The first kappa shape index (κ1) is 18.8. The lowest BCUT2D eigenvalue weighted by Crippen LogP contribution is -2.33. The highest BCUT2D eigenvalue weighted by atomic mass is 79.9. The van der Waals surface area contributed by atoms with Crippen LogP contribution in [0.3, 0.4) is 0 Å². The number of carbonyl (C=O) groups excluding carboxylic acids is 1. The number of rotatable bonds is 8. The van der Waals surface area contributed by atoms with E-state index in [0.717, 1.165) is 4.47 Å². The van der Waals surface area contributed by atoms with Crippen LogP contribution in [0.2, 0.25) is 0 Å². The van der Waals surface area contributed by atoms with Crippen LogP contribution in [-0.4, -0.2) is 47.5 Å². The number of amides is 1. The third kappa shape index (κ3) is 6.12. The summed E-state index contributed by atoms with van der Waals surface area (Å²) in [4.78, 5) is 28.2. The van der Waals surface area contributed by atoms with Crippen molar-refractivity contribution in [1.82, 2.24) is 9.88 Å². The van der Waals surface area contributed by atoms with Crippen molar-refractivity contribution in [1.29, 1.82) is 0 Å². The first-order valence-corrected chi connectivity index (χ1v) is 8.21. The van der Waals surface area contributed by atoms with Crippen LogP contribution in [0.4, 0.5) is 11.5 Å². The molecule has 0 aliphatic rings. The van der Waals surface area contributed by atoms with Gasteiger partial charge in [-0.25, -0.2) is 4.98 Å². The fourth-order valence-corrected chi connectivity index (χ4v) is 2.23. The van der Waals surface area contributed by atoms with Crippen LogP contribution >= 0.6 is 15.9 Å². The molecule has 0 aliphatic carbocycles. The first-order valence-electron chi connectivity index (χ1n) is 7.42. The van der Waals surface area contributed by atoms with E-state index in [1.54, 1.807) is 48.5 Å². The number of pyridine rings is 1. The molecule has 0 aliphatic heterocycles. The van der Waals surface area contributed by atoms with Crippen molar-refractivity contribution in [3.05, 3.63) is 57.2 Å². The lowest BCUT2D eigenvalue weighted by molar-refractivity contribution is -0.385. The zero-order valence-corrected chi connectivity index (χ0v) is 15.1. The SMILES string of the molecule is CN(CCOc1ccccc1[N+](=O)[O-])CC(=O)Nc1ccc(Br)cn1. The maximum Gasteiger partial charge on any atom is 0.310 e. The lowest BCUT2D eigenvalue weighted by Gasteiger charge is -2.16. The Morgan fingerprint density at radius 1 is 1.36 bits per heavy atom. The average molecular weight is 409 g/mol. The zero-order chi connectivity index (χ0) is 18.2. The summed E-state index contributed by atoms with van der Waals surface area (Å²) in [5, 5.41) is 13.6. The standard InChI is InChI=1S/C16H17BrN4O4/c1-20(11-16(22)19-15-7-6-12(17)10-18-15)8-9-25-14-5-3-2-4-13(14)21(23)24/h2-7,10H,8-9,11H2,1H3,(H,18,19,22). The molecule has 1 amide bonds. The predicted molar refractivity (Wildman–Crippen MR) is 96.7 cm³/mol. The highest BCUT2D eigenvalue weighted by Crippen LogP contribution is 2.25. The Kier molecular flexibility index (Phi) is 6.84. The van der Waals surface area contributed by atoms with E-state index in [0.29, 0.717) is 12.4 Å². The second kappa shape index (κ2) is 9.09. The number of nitrogens with zero attached hydrogens (tertiary/aromatic N) is 3. The minimum absolute atomic E-state index is 0.0794. The van der Waals surface area contributed by atoms with Gasteiger partial charge in [0.1, 0.15) is 12.4 Å². The van der Waals surface area contributed by atoms with Gasteiger partial charge in [-0.05, 0) is 41.2 Å². The Bertz CT molecular complexity index is 739. The van der Waals surface area contributed by atoms with E-state index in [1.807, 2.05) is 0 Å². The molecule has 0 spiro atoms.